The van der Waals surface area contributed by atoms with E-state index in [9.17, 15) is 22.8 Å². The molecular weight excluding hydrogens is 373 g/mol. The smallest absolute Gasteiger partial charge is 0.353 e. The van der Waals surface area contributed by atoms with E-state index < -0.39 is 24.9 Å². The Balaban J connectivity index is 1.47. The number of aryl methyl sites for hydroxylation is 1. The third-order valence-electron chi connectivity index (χ3n) is 6.10. The predicted octanol–water partition coefficient (Wildman–Crippen LogP) is 2.89. The van der Waals surface area contributed by atoms with E-state index >= 15 is 0 Å². The van der Waals surface area contributed by atoms with E-state index in [0.29, 0.717) is 26.1 Å². The van der Waals surface area contributed by atoms with Crippen molar-refractivity contribution >= 4 is 11.8 Å². The summed E-state index contributed by atoms with van der Waals surface area (Å²) in [5, 5.41) is 7.25. The summed E-state index contributed by atoms with van der Waals surface area (Å²) in [5.74, 6) is -0.435. The van der Waals surface area contributed by atoms with Crippen molar-refractivity contribution in [3.8, 4) is 0 Å². The van der Waals surface area contributed by atoms with Crippen LogP contribution in [0, 0.1) is 5.41 Å². The second-order valence-corrected chi connectivity index (χ2v) is 7.89. The van der Waals surface area contributed by atoms with Crippen LogP contribution in [0.3, 0.4) is 0 Å². The van der Waals surface area contributed by atoms with Gasteiger partial charge in [0.15, 0.2) is 0 Å². The Bertz CT molecular complexity index is 667. The number of nitrogens with one attached hydrogen (secondary N) is 1. The molecule has 1 aliphatic carbocycles. The summed E-state index contributed by atoms with van der Waals surface area (Å²) in [6.45, 7) is 1.47. The van der Waals surface area contributed by atoms with Crippen LogP contribution in [0.15, 0.2) is 18.5 Å². The summed E-state index contributed by atoms with van der Waals surface area (Å²) in [4.78, 5) is 25.9. The second-order valence-electron chi connectivity index (χ2n) is 7.89. The molecule has 2 amide bonds. The number of rotatable bonds is 6. The van der Waals surface area contributed by atoms with Crippen molar-refractivity contribution in [3.05, 3.63) is 18.5 Å². The lowest BCUT2D eigenvalue weighted by Gasteiger charge is -2.43. The van der Waals surface area contributed by atoms with Crippen LogP contribution in [0.5, 0.6) is 0 Å². The maximum absolute atomic E-state index is 12.3. The van der Waals surface area contributed by atoms with Gasteiger partial charge in [0.1, 0.15) is 0 Å². The summed E-state index contributed by atoms with van der Waals surface area (Å²) >= 11 is 0. The number of hydrogen-bond acceptors (Lipinski definition) is 3. The normalized spacial score (nSPS) is 21.8. The lowest BCUT2D eigenvalue weighted by molar-refractivity contribution is -0.150. The van der Waals surface area contributed by atoms with Gasteiger partial charge in [-0.1, -0.05) is 6.42 Å². The Kier molecular flexibility index (Phi) is 6.30. The van der Waals surface area contributed by atoms with Crippen molar-refractivity contribution in [2.75, 3.05) is 13.1 Å². The van der Waals surface area contributed by atoms with Crippen molar-refractivity contribution < 1.29 is 22.8 Å². The molecule has 1 aromatic heterocycles. The SMILES string of the molecule is O=C(CCn1cccn1)NC1CCCC12CCN(C(=O)CCC(F)(F)F)CC2. The molecule has 6 nitrogen and oxygen atoms in total. The fourth-order valence-corrected chi connectivity index (χ4v) is 4.49. The van der Waals surface area contributed by atoms with Gasteiger partial charge in [0, 0.05) is 50.9 Å². The zero-order valence-corrected chi connectivity index (χ0v) is 15.9. The standard InChI is InChI=1S/C19H27F3N4O2/c20-19(21,22)7-4-17(28)25-13-8-18(9-14-25)6-1-3-15(18)24-16(27)5-12-26-11-2-10-23-26/h2,10-11,15H,1,3-9,12-14H2,(H,24,27). The quantitative estimate of drug-likeness (QED) is 0.799. The van der Waals surface area contributed by atoms with E-state index in [1.165, 1.54) is 0 Å². The van der Waals surface area contributed by atoms with E-state index in [2.05, 4.69) is 10.4 Å². The fourth-order valence-electron chi connectivity index (χ4n) is 4.49. The number of likely N-dealkylation sites (tertiary alicyclic amines) is 1. The Hall–Kier alpha value is -2.06. The van der Waals surface area contributed by atoms with Crippen molar-refractivity contribution in [2.24, 2.45) is 5.41 Å². The number of aromatic nitrogens is 2. The second kappa shape index (κ2) is 8.53. The van der Waals surface area contributed by atoms with Crippen LogP contribution in [-0.2, 0) is 16.1 Å². The lowest BCUT2D eigenvalue weighted by Crippen LogP contribution is -2.51. The third kappa shape index (κ3) is 5.26. The molecule has 1 N–H and O–H groups in total. The van der Waals surface area contributed by atoms with Gasteiger partial charge in [-0.3, -0.25) is 14.3 Å². The third-order valence-corrected chi connectivity index (χ3v) is 6.10. The molecule has 2 aliphatic rings. The van der Waals surface area contributed by atoms with Gasteiger partial charge in [0.2, 0.25) is 11.8 Å². The number of halogens is 3. The molecule has 2 fully saturated rings. The Morgan fingerprint density at radius 1 is 1.18 bits per heavy atom. The van der Waals surface area contributed by atoms with Crippen LogP contribution < -0.4 is 5.32 Å². The average molecular weight is 400 g/mol. The first kappa shape index (κ1) is 20.7. The largest absolute Gasteiger partial charge is 0.389 e. The molecule has 9 heteroatoms. The first-order chi connectivity index (χ1) is 13.3. The maximum Gasteiger partial charge on any atom is 0.389 e. The molecule has 28 heavy (non-hydrogen) atoms. The summed E-state index contributed by atoms with van der Waals surface area (Å²) < 4.78 is 38.7. The van der Waals surface area contributed by atoms with E-state index in [-0.39, 0.29) is 17.4 Å². The number of amides is 2. The molecule has 1 saturated carbocycles. The maximum atomic E-state index is 12.3. The van der Waals surface area contributed by atoms with E-state index in [1.807, 2.05) is 12.3 Å². The predicted molar refractivity (Wildman–Crippen MR) is 96.2 cm³/mol. The first-order valence-corrected chi connectivity index (χ1v) is 9.89. The average Bonchev–Trinajstić information content (AvgIpc) is 3.29. The van der Waals surface area contributed by atoms with Gasteiger partial charge in [-0.2, -0.15) is 18.3 Å². The van der Waals surface area contributed by atoms with E-state index in [4.69, 9.17) is 0 Å². The molecule has 156 valence electrons. The molecule has 0 aromatic carbocycles. The number of alkyl halides is 3. The van der Waals surface area contributed by atoms with Crippen LogP contribution in [0.25, 0.3) is 0 Å². The van der Waals surface area contributed by atoms with Crippen molar-refractivity contribution in [2.45, 2.75) is 70.1 Å². The molecule has 2 heterocycles. The van der Waals surface area contributed by atoms with Gasteiger partial charge in [-0.25, -0.2) is 0 Å². The highest BCUT2D eigenvalue weighted by Crippen LogP contribution is 2.46. The minimum absolute atomic E-state index is 0.00884. The monoisotopic (exact) mass is 400 g/mol. The summed E-state index contributed by atoms with van der Waals surface area (Å²) in [5.41, 5.74) is -0.0395. The van der Waals surface area contributed by atoms with Gasteiger partial charge in [-0.05, 0) is 37.2 Å². The minimum atomic E-state index is -4.30. The highest BCUT2D eigenvalue weighted by Gasteiger charge is 2.46. The van der Waals surface area contributed by atoms with E-state index in [0.717, 1.165) is 32.1 Å². The van der Waals surface area contributed by atoms with Crippen LogP contribution in [0.2, 0.25) is 0 Å². The van der Waals surface area contributed by atoms with Crippen LogP contribution in [0.4, 0.5) is 13.2 Å². The molecule has 1 aromatic rings. The molecule has 1 aliphatic heterocycles. The van der Waals surface area contributed by atoms with E-state index in [1.54, 1.807) is 15.8 Å². The number of hydrogen-bond donors (Lipinski definition) is 1. The van der Waals surface area contributed by atoms with Gasteiger partial charge in [0.05, 0.1) is 6.42 Å². The molecule has 3 rings (SSSR count). The van der Waals surface area contributed by atoms with Crippen molar-refractivity contribution in [3.63, 3.8) is 0 Å². The minimum Gasteiger partial charge on any atom is -0.353 e. The number of carbonyl (C=O) groups is 2. The van der Waals surface area contributed by atoms with Crippen LogP contribution in [-0.4, -0.2) is 51.8 Å². The summed E-state index contributed by atoms with van der Waals surface area (Å²) in [7, 11) is 0. The first-order valence-electron chi connectivity index (χ1n) is 9.89. The molecule has 1 spiro atoms. The zero-order valence-electron chi connectivity index (χ0n) is 15.9. The van der Waals surface area contributed by atoms with Gasteiger partial charge in [-0.15, -0.1) is 0 Å². The number of carbonyl (C=O) groups excluding carboxylic acids is 2. The molecular formula is C19H27F3N4O2. The Morgan fingerprint density at radius 2 is 1.93 bits per heavy atom. The van der Waals surface area contributed by atoms with Crippen LogP contribution >= 0.6 is 0 Å². The molecule has 1 unspecified atom stereocenters. The Labute approximate surface area is 162 Å². The Morgan fingerprint density at radius 3 is 2.57 bits per heavy atom. The topological polar surface area (TPSA) is 67.2 Å². The molecule has 0 bridgehead atoms. The zero-order chi connectivity index (χ0) is 20.2. The highest BCUT2D eigenvalue weighted by atomic mass is 19.4. The van der Waals surface area contributed by atoms with Gasteiger partial charge < -0.3 is 10.2 Å². The fraction of sp³-hybridized carbons (Fsp3) is 0.737. The molecule has 1 atom stereocenters. The molecule has 0 radical (unpaired) electrons. The van der Waals surface area contributed by atoms with Gasteiger partial charge >= 0.3 is 6.18 Å². The van der Waals surface area contributed by atoms with Crippen molar-refractivity contribution in [1.29, 1.82) is 0 Å². The summed E-state index contributed by atoms with van der Waals surface area (Å²) in [6.07, 6.45) is 2.38. The number of nitrogens with zero attached hydrogens (tertiary/aromatic N) is 3. The lowest BCUT2D eigenvalue weighted by atomic mass is 9.74. The summed E-state index contributed by atoms with van der Waals surface area (Å²) in [6, 6.07) is 1.89. The molecule has 1 saturated heterocycles. The van der Waals surface area contributed by atoms with Crippen molar-refractivity contribution in [1.82, 2.24) is 20.0 Å². The van der Waals surface area contributed by atoms with Crippen LogP contribution in [0.1, 0.15) is 51.4 Å². The van der Waals surface area contributed by atoms with Gasteiger partial charge in [0.25, 0.3) is 0 Å². The highest BCUT2D eigenvalue weighted by molar-refractivity contribution is 5.77. The number of piperidine rings is 1.